The Kier molecular flexibility index (Phi) is 2.66. The van der Waals surface area contributed by atoms with Gasteiger partial charge in [-0.3, -0.25) is 0 Å². The molecule has 3 aromatic rings. The van der Waals surface area contributed by atoms with Crippen LogP contribution < -0.4 is 0 Å². The third-order valence-electron chi connectivity index (χ3n) is 4.14. The summed E-state index contributed by atoms with van der Waals surface area (Å²) >= 11 is 0. The Hall–Kier alpha value is -2.27. The van der Waals surface area contributed by atoms with Crippen LogP contribution in [0.5, 0.6) is 0 Å². The van der Waals surface area contributed by atoms with E-state index in [0.717, 1.165) is 16.5 Å². The molecule has 0 fully saturated rings. The second-order valence-electron chi connectivity index (χ2n) is 5.48. The van der Waals surface area contributed by atoms with E-state index in [9.17, 15) is 12.8 Å². The van der Waals surface area contributed by atoms with Crippen LogP contribution in [0.15, 0.2) is 47.4 Å². The number of pyridine rings is 1. The van der Waals surface area contributed by atoms with Crippen molar-refractivity contribution in [2.45, 2.75) is 17.6 Å². The third-order valence-corrected chi connectivity index (χ3v) is 5.84. The van der Waals surface area contributed by atoms with Crippen molar-refractivity contribution in [2.24, 2.45) is 0 Å². The summed E-state index contributed by atoms with van der Waals surface area (Å²) in [5, 5.41) is 0.927. The number of halogens is 1. The molecule has 1 aliphatic rings. The second-order valence-corrected chi connectivity index (χ2v) is 7.44. The van der Waals surface area contributed by atoms with Crippen LogP contribution in [-0.4, -0.2) is 13.4 Å². The Morgan fingerprint density at radius 2 is 1.91 bits per heavy atom. The van der Waals surface area contributed by atoms with Gasteiger partial charge in [0.25, 0.3) is 0 Å². The molecule has 0 unspecified atom stereocenters. The van der Waals surface area contributed by atoms with Gasteiger partial charge in [-0.05, 0) is 42.3 Å². The van der Waals surface area contributed by atoms with Gasteiger partial charge >= 0.3 is 0 Å². The molecule has 0 saturated heterocycles. The number of aryl methyl sites for hydroxylation is 1. The van der Waals surface area contributed by atoms with Crippen molar-refractivity contribution < 1.29 is 12.8 Å². The summed E-state index contributed by atoms with van der Waals surface area (Å²) in [5.74, 6) is -0.556. The predicted octanol–water partition coefficient (Wildman–Crippen LogP) is 3.64. The van der Waals surface area contributed by atoms with Gasteiger partial charge in [0.15, 0.2) is 9.84 Å². The number of rotatable bonds is 0. The SMILES string of the molecule is Cc1c2c(nc3ccccc13)-c1cc(F)ccc1S(=O)(=O)C2. The summed E-state index contributed by atoms with van der Waals surface area (Å²) in [6, 6.07) is 11.3. The molecule has 22 heavy (non-hydrogen) atoms. The molecule has 1 aromatic heterocycles. The summed E-state index contributed by atoms with van der Waals surface area (Å²) in [5.41, 5.74) is 3.26. The minimum Gasteiger partial charge on any atom is -0.247 e. The van der Waals surface area contributed by atoms with Crippen LogP contribution in [0.25, 0.3) is 22.2 Å². The molecule has 110 valence electrons. The molecule has 3 nitrogen and oxygen atoms in total. The van der Waals surface area contributed by atoms with Crippen LogP contribution >= 0.6 is 0 Å². The molecular formula is C17H12FNO2S. The van der Waals surface area contributed by atoms with E-state index in [2.05, 4.69) is 4.98 Å². The fourth-order valence-corrected chi connectivity index (χ4v) is 4.70. The van der Waals surface area contributed by atoms with E-state index in [1.165, 1.54) is 18.2 Å². The quantitative estimate of drug-likeness (QED) is 0.595. The summed E-state index contributed by atoms with van der Waals surface area (Å²) in [7, 11) is -3.47. The fraction of sp³-hybridized carbons (Fsp3) is 0.118. The van der Waals surface area contributed by atoms with Crippen LogP contribution in [0.2, 0.25) is 0 Å². The molecule has 2 aromatic carbocycles. The van der Waals surface area contributed by atoms with Gasteiger partial charge in [0, 0.05) is 10.9 Å². The van der Waals surface area contributed by atoms with Crippen LogP contribution in [0.4, 0.5) is 4.39 Å². The number of hydrogen-bond donors (Lipinski definition) is 0. The molecule has 1 aliphatic heterocycles. The number of aromatic nitrogens is 1. The van der Waals surface area contributed by atoms with Gasteiger partial charge in [0.2, 0.25) is 0 Å². The lowest BCUT2D eigenvalue weighted by Crippen LogP contribution is -2.15. The van der Waals surface area contributed by atoms with Crippen molar-refractivity contribution in [3.8, 4) is 11.3 Å². The molecule has 0 atom stereocenters. The lowest BCUT2D eigenvalue weighted by atomic mass is 9.98. The number of para-hydroxylation sites is 1. The lowest BCUT2D eigenvalue weighted by molar-refractivity contribution is 0.593. The van der Waals surface area contributed by atoms with Gasteiger partial charge in [-0.25, -0.2) is 17.8 Å². The Morgan fingerprint density at radius 1 is 1.14 bits per heavy atom. The van der Waals surface area contributed by atoms with Crippen molar-refractivity contribution >= 4 is 20.7 Å². The maximum Gasteiger partial charge on any atom is 0.183 e. The molecule has 0 radical (unpaired) electrons. The van der Waals surface area contributed by atoms with E-state index in [0.29, 0.717) is 16.8 Å². The molecule has 4 rings (SSSR count). The number of sulfone groups is 1. The smallest absolute Gasteiger partial charge is 0.183 e. The summed E-state index contributed by atoms with van der Waals surface area (Å²) in [4.78, 5) is 4.75. The first-order valence-electron chi connectivity index (χ1n) is 6.88. The van der Waals surface area contributed by atoms with E-state index in [1.54, 1.807) is 0 Å². The Balaban J connectivity index is 2.18. The van der Waals surface area contributed by atoms with Gasteiger partial charge in [0.1, 0.15) is 5.82 Å². The van der Waals surface area contributed by atoms with Crippen molar-refractivity contribution in [1.82, 2.24) is 4.98 Å². The molecule has 0 bridgehead atoms. The van der Waals surface area contributed by atoms with E-state index in [1.807, 2.05) is 31.2 Å². The first kappa shape index (κ1) is 13.4. The maximum atomic E-state index is 13.6. The van der Waals surface area contributed by atoms with Gasteiger partial charge in [-0.1, -0.05) is 18.2 Å². The van der Waals surface area contributed by atoms with Gasteiger partial charge in [0.05, 0.1) is 21.9 Å². The van der Waals surface area contributed by atoms with Crippen LogP contribution in [-0.2, 0) is 15.6 Å². The average Bonchev–Trinajstić information content (AvgIpc) is 2.49. The van der Waals surface area contributed by atoms with E-state index in [4.69, 9.17) is 0 Å². The van der Waals surface area contributed by atoms with Crippen molar-refractivity contribution in [3.05, 3.63) is 59.4 Å². The zero-order chi connectivity index (χ0) is 15.5. The van der Waals surface area contributed by atoms with Crippen molar-refractivity contribution in [3.63, 3.8) is 0 Å². The highest BCUT2D eigenvalue weighted by Gasteiger charge is 2.31. The molecule has 2 heterocycles. The highest BCUT2D eigenvalue weighted by atomic mass is 32.2. The zero-order valence-electron chi connectivity index (χ0n) is 11.8. The topological polar surface area (TPSA) is 47.0 Å². The standard InChI is InChI=1S/C17H12FNO2S/c1-10-12-4-2-3-5-15(12)19-17-13-8-11(18)6-7-16(13)22(20,21)9-14(10)17/h2-8H,9H2,1H3. The largest absolute Gasteiger partial charge is 0.247 e. The Labute approximate surface area is 127 Å². The van der Waals surface area contributed by atoms with Gasteiger partial charge < -0.3 is 0 Å². The highest BCUT2D eigenvalue weighted by Crippen LogP contribution is 2.40. The summed E-state index contributed by atoms with van der Waals surface area (Å²) in [6.07, 6.45) is 0. The molecular weight excluding hydrogens is 301 g/mol. The van der Waals surface area contributed by atoms with Crippen LogP contribution in [0, 0.1) is 12.7 Å². The third kappa shape index (κ3) is 1.78. The second kappa shape index (κ2) is 4.36. The number of nitrogens with zero attached hydrogens (tertiary/aromatic N) is 1. The van der Waals surface area contributed by atoms with Crippen molar-refractivity contribution in [2.75, 3.05) is 0 Å². The monoisotopic (exact) mass is 313 g/mol. The number of hydrogen-bond acceptors (Lipinski definition) is 3. The first-order valence-corrected chi connectivity index (χ1v) is 8.53. The Morgan fingerprint density at radius 3 is 2.73 bits per heavy atom. The molecule has 0 aliphatic carbocycles. The molecule has 0 N–H and O–H groups in total. The van der Waals surface area contributed by atoms with Crippen LogP contribution in [0.3, 0.4) is 0 Å². The average molecular weight is 313 g/mol. The normalized spacial score (nSPS) is 15.4. The predicted molar refractivity (Wildman–Crippen MR) is 82.8 cm³/mol. The molecule has 0 spiro atoms. The van der Waals surface area contributed by atoms with Crippen LogP contribution in [0.1, 0.15) is 11.1 Å². The van der Waals surface area contributed by atoms with E-state index in [-0.39, 0.29) is 10.6 Å². The lowest BCUT2D eigenvalue weighted by Gasteiger charge is -2.22. The van der Waals surface area contributed by atoms with Gasteiger partial charge in [-0.2, -0.15) is 0 Å². The molecule has 5 heteroatoms. The molecule has 0 amide bonds. The number of benzene rings is 2. The number of fused-ring (bicyclic) bond motifs is 4. The zero-order valence-corrected chi connectivity index (χ0v) is 12.6. The first-order chi connectivity index (χ1) is 10.5. The minimum absolute atomic E-state index is 0.0926. The maximum absolute atomic E-state index is 13.6. The Bertz CT molecular complexity index is 1040. The van der Waals surface area contributed by atoms with Gasteiger partial charge in [-0.15, -0.1) is 0 Å². The summed E-state index contributed by atoms with van der Waals surface area (Å²) in [6.45, 7) is 1.89. The highest BCUT2D eigenvalue weighted by molar-refractivity contribution is 7.90. The molecule has 0 saturated carbocycles. The van der Waals surface area contributed by atoms with Crippen molar-refractivity contribution in [1.29, 1.82) is 0 Å². The fourth-order valence-electron chi connectivity index (χ4n) is 3.04. The van der Waals surface area contributed by atoms with E-state index >= 15 is 0 Å². The van der Waals surface area contributed by atoms with E-state index < -0.39 is 15.7 Å². The minimum atomic E-state index is -3.47. The summed E-state index contributed by atoms with van der Waals surface area (Å²) < 4.78 is 38.6.